The smallest absolute Gasteiger partial charge is 0.269 e. The number of rotatable bonds is 6. The molecule has 26 heavy (non-hydrogen) atoms. The predicted molar refractivity (Wildman–Crippen MR) is 94.7 cm³/mol. The van der Waals surface area contributed by atoms with E-state index in [0.29, 0.717) is 11.1 Å². The lowest BCUT2D eigenvalue weighted by molar-refractivity contribution is -0.384. The van der Waals surface area contributed by atoms with Crippen LogP contribution < -0.4 is 0 Å². The maximum absolute atomic E-state index is 12.0. The lowest BCUT2D eigenvalue weighted by atomic mass is 10.0. The van der Waals surface area contributed by atoms with Crippen molar-refractivity contribution in [3.63, 3.8) is 0 Å². The molecule has 0 aliphatic carbocycles. The summed E-state index contributed by atoms with van der Waals surface area (Å²) in [7, 11) is -3.94. The molecular weight excluding hydrogens is 362 g/mol. The Balaban J connectivity index is 0.000000321. The number of hydrogen-bond donors (Lipinski definition) is 1. The second-order valence-electron chi connectivity index (χ2n) is 5.24. The van der Waals surface area contributed by atoms with Crippen molar-refractivity contribution in [2.45, 2.75) is 13.3 Å². The van der Waals surface area contributed by atoms with Crippen LogP contribution in [0.3, 0.4) is 0 Å². The summed E-state index contributed by atoms with van der Waals surface area (Å²) in [5, 5.41) is 10.5. The molecular formula is C17H17NO7S. The lowest BCUT2D eigenvalue weighted by Crippen LogP contribution is -2.07. The number of nitro groups is 1. The topological polar surface area (TPSA) is 132 Å². The zero-order valence-corrected chi connectivity index (χ0v) is 14.7. The molecule has 0 radical (unpaired) electrons. The molecule has 0 amide bonds. The van der Waals surface area contributed by atoms with E-state index in [0.717, 1.165) is 0 Å². The van der Waals surface area contributed by atoms with Crippen LogP contribution in [0.4, 0.5) is 5.69 Å². The van der Waals surface area contributed by atoms with Gasteiger partial charge in [0.25, 0.3) is 15.8 Å². The minimum absolute atomic E-state index is 0.0189. The third kappa shape index (κ3) is 7.77. The molecule has 0 heterocycles. The van der Waals surface area contributed by atoms with Crippen LogP contribution in [-0.4, -0.2) is 35.2 Å². The molecule has 0 aliphatic heterocycles. The summed E-state index contributed by atoms with van der Waals surface area (Å²) in [6.45, 7) is 1.27. The first-order valence-electron chi connectivity index (χ1n) is 7.39. The van der Waals surface area contributed by atoms with Gasteiger partial charge in [0.05, 0.1) is 10.7 Å². The fraction of sp³-hybridized carbons (Fsp3) is 0.176. The van der Waals surface area contributed by atoms with Gasteiger partial charge >= 0.3 is 0 Å². The second-order valence-corrected chi connectivity index (χ2v) is 6.81. The molecule has 0 saturated heterocycles. The molecule has 9 heteroatoms. The summed E-state index contributed by atoms with van der Waals surface area (Å²) < 4.78 is 28.0. The number of benzene rings is 2. The van der Waals surface area contributed by atoms with E-state index in [1.165, 1.54) is 31.2 Å². The molecule has 2 aromatic carbocycles. The van der Waals surface area contributed by atoms with Crippen molar-refractivity contribution in [1.82, 2.24) is 0 Å². The van der Waals surface area contributed by atoms with Crippen molar-refractivity contribution in [3.8, 4) is 0 Å². The summed E-state index contributed by atoms with van der Waals surface area (Å²) in [6, 6.07) is 14.4. The maximum Gasteiger partial charge on any atom is 0.269 e. The van der Waals surface area contributed by atoms with Gasteiger partial charge in [-0.2, -0.15) is 8.42 Å². The second kappa shape index (κ2) is 9.54. The lowest BCUT2D eigenvalue weighted by Gasteiger charge is -2.00. The Kier molecular flexibility index (Phi) is 7.76. The van der Waals surface area contributed by atoms with Crippen LogP contribution in [-0.2, 0) is 14.9 Å². The molecule has 138 valence electrons. The van der Waals surface area contributed by atoms with Crippen LogP contribution in [0.5, 0.6) is 0 Å². The largest absolute Gasteiger partial charge is 0.300 e. The minimum atomic E-state index is -3.94. The zero-order chi connectivity index (χ0) is 19.7. The van der Waals surface area contributed by atoms with Gasteiger partial charge in [-0.25, -0.2) is 0 Å². The summed E-state index contributed by atoms with van der Waals surface area (Å²) in [5.74, 6) is -0.851. The number of nitrogens with zero attached hydrogens (tertiary/aromatic N) is 1. The van der Waals surface area contributed by atoms with Crippen molar-refractivity contribution in [1.29, 1.82) is 0 Å². The average Bonchev–Trinajstić information content (AvgIpc) is 2.60. The van der Waals surface area contributed by atoms with Crippen LogP contribution >= 0.6 is 0 Å². The molecule has 0 aromatic heterocycles. The number of hydrogen-bond acceptors (Lipinski definition) is 6. The van der Waals surface area contributed by atoms with Gasteiger partial charge in [-0.3, -0.25) is 24.3 Å². The SMILES string of the molecule is CC(=O)CCS(=O)(=O)O.O=C(c1ccccc1)c1ccc([N+](=O)[O-])cc1. The maximum atomic E-state index is 12.0. The predicted octanol–water partition coefficient (Wildman–Crippen LogP) is 2.68. The van der Waals surface area contributed by atoms with Crippen molar-refractivity contribution < 1.29 is 27.5 Å². The summed E-state index contributed by atoms with van der Waals surface area (Å²) in [6.07, 6.45) is -0.112. The number of carbonyl (C=O) groups excluding carboxylic acids is 2. The van der Waals surface area contributed by atoms with E-state index >= 15 is 0 Å². The number of non-ortho nitro benzene ring substituents is 1. The molecule has 8 nitrogen and oxygen atoms in total. The van der Waals surface area contributed by atoms with E-state index in [-0.39, 0.29) is 23.7 Å². The summed E-state index contributed by atoms with van der Waals surface area (Å²) in [4.78, 5) is 32.1. The van der Waals surface area contributed by atoms with E-state index in [4.69, 9.17) is 4.55 Å². The Bertz CT molecular complexity index is 875. The fourth-order valence-electron chi connectivity index (χ4n) is 1.76. The highest BCUT2D eigenvalue weighted by atomic mass is 32.2. The summed E-state index contributed by atoms with van der Waals surface area (Å²) in [5.41, 5.74) is 0.998. The van der Waals surface area contributed by atoms with Crippen molar-refractivity contribution in [2.75, 3.05) is 5.75 Å². The van der Waals surface area contributed by atoms with Gasteiger partial charge in [0.15, 0.2) is 5.78 Å². The Morgan fingerprint density at radius 1 is 1.00 bits per heavy atom. The van der Waals surface area contributed by atoms with Gasteiger partial charge in [0.1, 0.15) is 5.78 Å². The number of nitro benzene ring substituents is 1. The third-order valence-electron chi connectivity index (χ3n) is 3.09. The minimum Gasteiger partial charge on any atom is -0.300 e. The van der Waals surface area contributed by atoms with E-state index < -0.39 is 20.8 Å². The van der Waals surface area contributed by atoms with Crippen LogP contribution in [0.25, 0.3) is 0 Å². The average molecular weight is 379 g/mol. The van der Waals surface area contributed by atoms with Gasteiger partial charge < -0.3 is 0 Å². The Labute approximate surface area is 150 Å². The number of Topliss-reactive ketones (excluding diaryl/α,β-unsaturated/α-hetero) is 1. The molecule has 0 bridgehead atoms. The first kappa shape index (κ1) is 21.1. The number of carbonyl (C=O) groups is 2. The van der Waals surface area contributed by atoms with Crippen molar-refractivity contribution in [3.05, 3.63) is 75.8 Å². The van der Waals surface area contributed by atoms with Gasteiger partial charge in [0.2, 0.25) is 0 Å². The molecule has 1 N–H and O–H groups in total. The van der Waals surface area contributed by atoms with Crippen LogP contribution in [0, 0.1) is 10.1 Å². The molecule has 0 fully saturated rings. The fourth-order valence-corrected chi connectivity index (χ4v) is 2.31. The Hall–Kier alpha value is -2.91. The molecule has 0 unspecified atom stereocenters. The molecule has 0 saturated carbocycles. The normalized spacial score (nSPS) is 10.4. The van der Waals surface area contributed by atoms with Gasteiger partial charge in [-0.1, -0.05) is 30.3 Å². The standard InChI is InChI=1S/C13H9NO3.C4H8O4S/c15-13(10-4-2-1-3-5-10)11-6-8-12(9-7-11)14(16)17;1-4(5)2-3-9(6,7)8/h1-9H;2-3H2,1H3,(H,6,7,8). The Morgan fingerprint density at radius 2 is 1.50 bits per heavy atom. The zero-order valence-electron chi connectivity index (χ0n) is 13.9. The highest BCUT2D eigenvalue weighted by molar-refractivity contribution is 7.85. The van der Waals surface area contributed by atoms with Gasteiger partial charge in [0, 0.05) is 29.7 Å². The van der Waals surface area contributed by atoms with E-state index in [1.54, 1.807) is 24.3 Å². The van der Waals surface area contributed by atoms with Gasteiger partial charge in [-0.15, -0.1) is 0 Å². The number of ketones is 2. The first-order chi connectivity index (χ1) is 12.1. The van der Waals surface area contributed by atoms with Crippen molar-refractivity contribution >= 4 is 27.4 Å². The Morgan fingerprint density at radius 3 is 1.88 bits per heavy atom. The molecule has 2 rings (SSSR count). The molecule has 0 spiro atoms. The first-order valence-corrected chi connectivity index (χ1v) is 9.00. The molecule has 2 aromatic rings. The summed E-state index contributed by atoms with van der Waals surface area (Å²) >= 11 is 0. The monoisotopic (exact) mass is 379 g/mol. The third-order valence-corrected chi connectivity index (χ3v) is 3.81. The van der Waals surface area contributed by atoms with Crippen LogP contribution in [0.2, 0.25) is 0 Å². The highest BCUT2D eigenvalue weighted by Crippen LogP contribution is 2.15. The van der Waals surface area contributed by atoms with Gasteiger partial charge in [-0.05, 0) is 19.1 Å². The van der Waals surface area contributed by atoms with Crippen LogP contribution in [0.1, 0.15) is 29.3 Å². The molecule has 0 atom stereocenters. The van der Waals surface area contributed by atoms with E-state index in [9.17, 15) is 28.1 Å². The quantitative estimate of drug-likeness (QED) is 0.353. The van der Waals surface area contributed by atoms with E-state index in [2.05, 4.69) is 0 Å². The molecule has 0 aliphatic rings. The van der Waals surface area contributed by atoms with E-state index in [1.807, 2.05) is 6.07 Å². The van der Waals surface area contributed by atoms with Crippen molar-refractivity contribution in [2.24, 2.45) is 0 Å². The van der Waals surface area contributed by atoms with Crippen LogP contribution in [0.15, 0.2) is 54.6 Å². The highest BCUT2D eigenvalue weighted by Gasteiger charge is 2.10.